The molecule has 0 radical (unpaired) electrons. The molecule has 1 aromatic rings. The van der Waals surface area contributed by atoms with E-state index in [1.54, 1.807) is 18.3 Å². The maximum absolute atomic E-state index is 11.1. The van der Waals surface area contributed by atoms with Crippen LogP contribution < -0.4 is 5.32 Å². The molecule has 1 N–H and O–H groups in total. The van der Waals surface area contributed by atoms with Crippen LogP contribution in [0.1, 0.15) is 41.2 Å². The lowest BCUT2D eigenvalue weighted by Gasteiger charge is -2.20. The van der Waals surface area contributed by atoms with Crippen molar-refractivity contribution in [1.82, 2.24) is 10.3 Å². The summed E-state index contributed by atoms with van der Waals surface area (Å²) in [5.74, 6) is 0.582. The molecule has 3 nitrogen and oxygen atoms in total. The number of rotatable bonds is 2. The Hall–Kier alpha value is -0.740. The standard InChI is InChI=1S/C10H14N2OS/c1-7(13)9-6-14-10(12-9)8-3-2-4-11-5-8/h6,8,11H,2-5H2,1H3/t8-/m0/s1. The lowest BCUT2D eigenvalue weighted by molar-refractivity contribution is 0.101. The molecule has 2 heterocycles. The summed E-state index contributed by atoms with van der Waals surface area (Å²) in [6.45, 7) is 3.68. The number of carbonyl (C=O) groups is 1. The molecule has 0 aliphatic carbocycles. The molecule has 14 heavy (non-hydrogen) atoms. The molecule has 4 heteroatoms. The van der Waals surface area contributed by atoms with Gasteiger partial charge >= 0.3 is 0 Å². The van der Waals surface area contributed by atoms with Crippen LogP contribution in [0.5, 0.6) is 0 Å². The quantitative estimate of drug-likeness (QED) is 0.757. The van der Waals surface area contributed by atoms with Crippen LogP contribution in [0, 0.1) is 0 Å². The number of nitrogens with one attached hydrogen (secondary N) is 1. The lowest BCUT2D eigenvalue weighted by atomic mass is 10.0. The molecule has 0 unspecified atom stereocenters. The summed E-state index contributed by atoms with van der Waals surface area (Å²) in [5.41, 5.74) is 0.621. The van der Waals surface area contributed by atoms with Crippen LogP contribution in [0.25, 0.3) is 0 Å². The third kappa shape index (κ3) is 2.01. The van der Waals surface area contributed by atoms with Gasteiger partial charge in [-0.15, -0.1) is 11.3 Å². The Morgan fingerprint density at radius 2 is 2.57 bits per heavy atom. The van der Waals surface area contributed by atoms with Crippen molar-refractivity contribution in [2.45, 2.75) is 25.7 Å². The smallest absolute Gasteiger partial charge is 0.178 e. The van der Waals surface area contributed by atoms with Gasteiger partial charge in [-0.05, 0) is 19.4 Å². The van der Waals surface area contributed by atoms with Crippen molar-refractivity contribution in [3.05, 3.63) is 16.1 Å². The molecule has 0 saturated carbocycles. The molecule has 1 aliphatic rings. The maximum atomic E-state index is 11.1. The number of hydrogen-bond donors (Lipinski definition) is 1. The van der Waals surface area contributed by atoms with E-state index in [9.17, 15) is 4.79 Å². The van der Waals surface area contributed by atoms with Gasteiger partial charge < -0.3 is 5.32 Å². The minimum absolute atomic E-state index is 0.0660. The first-order chi connectivity index (χ1) is 6.77. The number of piperidine rings is 1. The van der Waals surface area contributed by atoms with Crippen molar-refractivity contribution in [3.63, 3.8) is 0 Å². The van der Waals surface area contributed by atoms with E-state index >= 15 is 0 Å². The number of nitrogens with zero attached hydrogens (tertiary/aromatic N) is 1. The predicted molar refractivity (Wildman–Crippen MR) is 57.0 cm³/mol. The average molecular weight is 210 g/mol. The Morgan fingerprint density at radius 3 is 3.14 bits per heavy atom. The number of ketones is 1. The number of aromatic nitrogens is 1. The summed E-state index contributed by atoms with van der Waals surface area (Å²) in [5, 5.41) is 6.33. The molecule has 1 saturated heterocycles. The second kappa shape index (κ2) is 4.19. The van der Waals surface area contributed by atoms with Crippen LogP contribution in [0.4, 0.5) is 0 Å². The molecule has 1 aliphatic heterocycles. The Labute approximate surface area is 87.6 Å². The molecular formula is C10H14N2OS. The molecule has 0 aromatic carbocycles. The highest BCUT2D eigenvalue weighted by molar-refractivity contribution is 7.09. The molecular weight excluding hydrogens is 196 g/mol. The SMILES string of the molecule is CC(=O)c1csc([C@H]2CCCNC2)n1. The zero-order valence-electron chi connectivity index (χ0n) is 8.25. The summed E-state index contributed by atoms with van der Waals surface area (Å²) in [7, 11) is 0. The van der Waals surface area contributed by atoms with Gasteiger partial charge in [0.1, 0.15) is 5.69 Å². The highest BCUT2D eigenvalue weighted by atomic mass is 32.1. The van der Waals surface area contributed by atoms with Gasteiger partial charge in [0.15, 0.2) is 5.78 Å². The summed E-state index contributed by atoms with van der Waals surface area (Å²) >= 11 is 1.61. The van der Waals surface area contributed by atoms with Crippen LogP contribution in [0.15, 0.2) is 5.38 Å². The Kier molecular flexibility index (Phi) is 2.93. The average Bonchev–Trinajstić information content (AvgIpc) is 2.68. The minimum atomic E-state index is 0.0660. The fourth-order valence-corrected chi connectivity index (χ4v) is 2.70. The predicted octanol–water partition coefficient (Wildman–Crippen LogP) is 1.81. The van der Waals surface area contributed by atoms with E-state index in [1.807, 2.05) is 5.38 Å². The third-order valence-electron chi connectivity index (χ3n) is 2.53. The number of hydrogen-bond acceptors (Lipinski definition) is 4. The first-order valence-electron chi connectivity index (χ1n) is 4.94. The molecule has 0 bridgehead atoms. The van der Waals surface area contributed by atoms with Crippen molar-refractivity contribution < 1.29 is 4.79 Å². The van der Waals surface area contributed by atoms with Gasteiger partial charge in [0.05, 0.1) is 5.01 Å². The molecule has 76 valence electrons. The lowest BCUT2D eigenvalue weighted by Crippen LogP contribution is -2.28. The van der Waals surface area contributed by atoms with Crippen molar-refractivity contribution in [1.29, 1.82) is 0 Å². The second-order valence-electron chi connectivity index (χ2n) is 3.67. The normalized spacial score (nSPS) is 22.2. The summed E-state index contributed by atoms with van der Waals surface area (Å²) in [6.07, 6.45) is 2.40. The van der Waals surface area contributed by atoms with Crippen LogP contribution in [-0.4, -0.2) is 23.9 Å². The Bertz CT molecular complexity index is 329. The van der Waals surface area contributed by atoms with E-state index in [0.29, 0.717) is 11.6 Å². The molecule has 2 rings (SSSR count). The van der Waals surface area contributed by atoms with Crippen molar-refractivity contribution in [3.8, 4) is 0 Å². The van der Waals surface area contributed by atoms with E-state index in [1.165, 1.54) is 12.8 Å². The molecule has 1 atom stereocenters. The van der Waals surface area contributed by atoms with E-state index in [2.05, 4.69) is 10.3 Å². The number of Topliss-reactive ketones (excluding diaryl/α,β-unsaturated/α-hetero) is 1. The zero-order valence-corrected chi connectivity index (χ0v) is 9.06. The van der Waals surface area contributed by atoms with Crippen molar-refractivity contribution in [2.24, 2.45) is 0 Å². The summed E-state index contributed by atoms with van der Waals surface area (Å²) < 4.78 is 0. The van der Waals surface area contributed by atoms with E-state index in [0.717, 1.165) is 18.1 Å². The van der Waals surface area contributed by atoms with Gasteiger partial charge in [0.2, 0.25) is 0 Å². The first kappa shape index (κ1) is 9.80. The Morgan fingerprint density at radius 1 is 1.71 bits per heavy atom. The van der Waals surface area contributed by atoms with Gasteiger partial charge in [-0.1, -0.05) is 0 Å². The number of carbonyl (C=O) groups excluding carboxylic acids is 1. The first-order valence-corrected chi connectivity index (χ1v) is 5.82. The fourth-order valence-electron chi connectivity index (χ4n) is 1.70. The largest absolute Gasteiger partial charge is 0.316 e. The van der Waals surface area contributed by atoms with E-state index in [-0.39, 0.29) is 5.78 Å². The van der Waals surface area contributed by atoms with Crippen molar-refractivity contribution >= 4 is 17.1 Å². The second-order valence-corrected chi connectivity index (χ2v) is 4.56. The molecule has 1 aromatic heterocycles. The number of thiazole rings is 1. The molecule has 1 fully saturated rings. The highest BCUT2D eigenvalue weighted by Gasteiger charge is 2.18. The highest BCUT2D eigenvalue weighted by Crippen LogP contribution is 2.26. The van der Waals surface area contributed by atoms with Gasteiger partial charge in [-0.25, -0.2) is 4.98 Å². The van der Waals surface area contributed by atoms with Crippen LogP contribution >= 0.6 is 11.3 Å². The third-order valence-corrected chi connectivity index (χ3v) is 3.54. The van der Waals surface area contributed by atoms with E-state index in [4.69, 9.17) is 0 Å². The summed E-state index contributed by atoms with van der Waals surface area (Å²) in [4.78, 5) is 15.4. The molecule has 0 spiro atoms. The molecule has 0 amide bonds. The monoisotopic (exact) mass is 210 g/mol. The fraction of sp³-hybridized carbons (Fsp3) is 0.600. The van der Waals surface area contributed by atoms with Gasteiger partial charge in [0.25, 0.3) is 0 Å². The van der Waals surface area contributed by atoms with E-state index < -0.39 is 0 Å². The van der Waals surface area contributed by atoms with Crippen LogP contribution in [-0.2, 0) is 0 Å². The van der Waals surface area contributed by atoms with Gasteiger partial charge in [0, 0.05) is 24.8 Å². The summed E-state index contributed by atoms with van der Waals surface area (Å²) in [6, 6.07) is 0. The minimum Gasteiger partial charge on any atom is -0.316 e. The Balaban J connectivity index is 2.11. The van der Waals surface area contributed by atoms with Crippen LogP contribution in [0.2, 0.25) is 0 Å². The van der Waals surface area contributed by atoms with Crippen molar-refractivity contribution in [2.75, 3.05) is 13.1 Å². The van der Waals surface area contributed by atoms with Gasteiger partial charge in [-0.3, -0.25) is 4.79 Å². The maximum Gasteiger partial charge on any atom is 0.178 e. The van der Waals surface area contributed by atoms with Gasteiger partial charge in [-0.2, -0.15) is 0 Å². The van der Waals surface area contributed by atoms with Crippen LogP contribution in [0.3, 0.4) is 0 Å². The topological polar surface area (TPSA) is 42.0 Å². The zero-order chi connectivity index (χ0) is 9.97.